The van der Waals surface area contributed by atoms with Crippen LogP contribution in [0.25, 0.3) is 0 Å². The number of hydrogen-bond acceptors (Lipinski definition) is 2. The second-order valence-electron chi connectivity index (χ2n) is 3.93. The first kappa shape index (κ1) is 18.0. The fourth-order valence-corrected chi connectivity index (χ4v) is 1.58. The molecule has 0 spiro atoms. The first-order valence-corrected chi connectivity index (χ1v) is 6.45. The molecule has 0 atom stereocenters. The van der Waals surface area contributed by atoms with E-state index in [-0.39, 0.29) is 24.0 Å². The van der Waals surface area contributed by atoms with E-state index in [1.54, 1.807) is 7.11 Å². The summed E-state index contributed by atoms with van der Waals surface area (Å²) in [6.07, 6.45) is 1.08. The van der Waals surface area contributed by atoms with Crippen molar-refractivity contribution < 1.29 is 4.74 Å². The maximum absolute atomic E-state index is 5.31. The minimum atomic E-state index is 0. The average molecular weight is 377 g/mol. The molecule has 0 amide bonds. The molecular weight excluding hydrogens is 353 g/mol. The van der Waals surface area contributed by atoms with Gasteiger partial charge in [0.25, 0.3) is 0 Å². The Morgan fingerprint density at radius 1 is 1.21 bits per heavy atom. The molecule has 0 saturated heterocycles. The van der Waals surface area contributed by atoms with Gasteiger partial charge >= 0.3 is 0 Å². The Hall–Kier alpha value is -0.980. The minimum absolute atomic E-state index is 0. The average Bonchev–Trinajstić information content (AvgIpc) is 2.42. The van der Waals surface area contributed by atoms with Crippen molar-refractivity contribution in [3.63, 3.8) is 0 Å². The van der Waals surface area contributed by atoms with Crippen LogP contribution < -0.4 is 15.4 Å². The summed E-state index contributed by atoms with van der Waals surface area (Å²) in [6.45, 7) is 6.60. The quantitative estimate of drug-likeness (QED) is 0.455. The number of para-hydroxylation sites is 1. The van der Waals surface area contributed by atoms with Gasteiger partial charge in [-0.15, -0.1) is 24.0 Å². The number of aliphatic imine (C=N–C) groups is 1. The summed E-state index contributed by atoms with van der Waals surface area (Å²) >= 11 is 0. The fraction of sp³-hybridized carbons (Fsp3) is 0.500. The standard InChI is InChI=1S/C14H23N3O.HI/c1-4-10-16-14(15-5-2)17-11-12-8-6-7-9-13(12)18-3;/h6-9H,4-5,10-11H2,1-3H3,(H2,15,16,17);1H. The van der Waals surface area contributed by atoms with Crippen molar-refractivity contribution in [3.8, 4) is 5.75 Å². The van der Waals surface area contributed by atoms with Crippen LogP contribution in [0, 0.1) is 0 Å². The van der Waals surface area contributed by atoms with E-state index >= 15 is 0 Å². The highest BCUT2D eigenvalue weighted by Crippen LogP contribution is 2.17. The number of benzene rings is 1. The summed E-state index contributed by atoms with van der Waals surface area (Å²) < 4.78 is 5.31. The van der Waals surface area contributed by atoms with Crippen molar-refractivity contribution in [2.45, 2.75) is 26.8 Å². The summed E-state index contributed by atoms with van der Waals surface area (Å²) in [7, 11) is 1.68. The third-order valence-corrected chi connectivity index (χ3v) is 2.49. The Balaban J connectivity index is 0.00000324. The van der Waals surface area contributed by atoms with E-state index in [0.717, 1.165) is 36.8 Å². The highest BCUT2D eigenvalue weighted by molar-refractivity contribution is 14.0. The zero-order valence-electron chi connectivity index (χ0n) is 11.9. The molecule has 108 valence electrons. The van der Waals surface area contributed by atoms with Gasteiger partial charge in [0.1, 0.15) is 5.75 Å². The van der Waals surface area contributed by atoms with E-state index in [1.807, 2.05) is 24.3 Å². The molecule has 0 heterocycles. The third-order valence-electron chi connectivity index (χ3n) is 2.49. The number of rotatable bonds is 6. The number of methoxy groups -OCH3 is 1. The number of nitrogens with one attached hydrogen (secondary N) is 2. The summed E-state index contributed by atoms with van der Waals surface area (Å²) in [5.41, 5.74) is 1.09. The van der Waals surface area contributed by atoms with Gasteiger partial charge in [-0.05, 0) is 19.4 Å². The lowest BCUT2D eigenvalue weighted by Crippen LogP contribution is -2.37. The van der Waals surface area contributed by atoms with Gasteiger partial charge in [0, 0.05) is 18.7 Å². The van der Waals surface area contributed by atoms with Crippen LogP contribution >= 0.6 is 24.0 Å². The van der Waals surface area contributed by atoms with E-state index in [4.69, 9.17) is 4.74 Å². The number of hydrogen-bond donors (Lipinski definition) is 2. The van der Waals surface area contributed by atoms with Crippen molar-refractivity contribution >= 4 is 29.9 Å². The lowest BCUT2D eigenvalue weighted by Gasteiger charge is -2.11. The van der Waals surface area contributed by atoms with Crippen LogP contribution in [-0.4, -0.2) is 26.2 Å². The second-order valence-corrected chi connectivity index (χ2v) is 3.93. The van der Waals surface area contributed by atoms with Gasteiger partial charge < -0.3 is 15.4 Å². The van der Waals surface area contributed by atoms with Crippen molar-refractivity contribution in [1.82, 2.24) is 10.6 Å². The number of nitrogens with zero attached hydrogens (tertiary/aromatic N) is 1. The first-order chi connectivity index (χ1) is 8.81. The molecule has 1 aromatic rings. The number of halogens is 1. The van der Waals surface area contributed by atoms with Gasteiger partial charge in [0.2, 0.25) is 0 Å². The largest absolute Gasteiger partial charge is 0.496 e. The van der Waals surface area contributed by atoms with E-state index in [0.29, 0.717) is 6.54 Å². The molecule has 0 aliphatic carbocycles. The summed E-state index contributed by atoms with van der Waals surface area (Å²) in [5, 5.41) is 6.50. The Kier molecular flexibility index (Phi) is 10.3. The van der Waals surface area contributed by atoms with Crippen LogP contribution in [0.5, 0.6) is 5.75 Å². The first-order valence-electron chi connectivity index (χ1n) is 6.45. The molecule has 1 aromatic carbocycles. The molecule has 19 heavy (non-hydrogen) atoms. The van der Waals surface area contributed by atoms with Crippen molar-refractivity contribution in [2.75, 3.05) is 20.2 Å². The zero-order valence-corrected chi connectivity index (χ0v) is 14.2. The van der Waals surface area contributed by atoms with Crippen LogP contribution in [0.1, 0.15) is 25.8 Å². The molecule has 5 heteroatoms. The summed E-state index contributed by atoms with van der Waals surface area (Å²) in [6, 6.07) is 7.95. The van der Waals surface area contributed by atoms with Crippen LogP contribution in [0.4, 0.5) is 0 Å². The SMILES string of the molecule is CCCNC(=NCc1ccccc1OC)NCC.I. The topological polar surface area (TPSA) is 45.7 Å². The normalized spacial score (nSPS) is 10.6. The van der Waals surface area contributed by atoms with E-state index in [2.05, 4.69) is 29.5 Å². The molecule has 1 rings (SSSR count). The van der Waals surface area contributed by atoms with Crippen molar-refractivity contribution in [2.24, 2.45) is 4.99 Å². The molecule has 4 nitrogen and oxygen atoms in total. The molecule has 0 unspecified atom stereocenters. The smallest absolute Gasteiger partial charge is 0.191 e. The Bertz CT molecular complexity index is 383. The lowest BCUT2D eigenvalue weighted by molar-refractivity contribution is 0.410. The van der Waals surface area contributed by atoms with Crippen molar-refractivity contribution in [3.05, 3.63) is 29.8 Å². The predicted octanol–water partition coefficient (Wildman–Crippen LogP) is 2.78. The van der Waals surface area contributed by atoms with E-state index < -0.39 is 0 Å². The molecule has 0 aliphatic rings. The van der Waals surface area contributed by atoms with E-state index in [1.165, 1.54) is 0 Å². The predicted molar refractivity (Wildman–Crippen MR) is 91.5 cm³/mol. The van der Waals surface area contributed by atoms with Crippen LogP contribution in [-0.2, 0) is 6.54 Å². The highest BCUT2D eigenvalue weighted by Gasteiger charge is 2.01. The molecule has 0 saturated carbocycles. The Morgan fingerprint density at radius 2 is 1.95 bits per heavy atom. The molecule has 0 fully saturated rings. The molecule has 0 radical (unpaired) electrons. The van der Waals surface area contributed by atoms with Gasteiger partial charge in [-0.2, -0.15) is 0 Å². The Labute approximate surface area is 133 Å². The molecule has 2 N–H and O–H groups in total. The van der Waals surface area contributed by atoms with Crippen molar-refractivity contribution in [1.29, 1.82) is 0 Å². The van der Waals surface area contributed by atoms with Gasteiger partial charge in [-0.25, -0.2) is 4.99 Å². The van der Waals surface area contributed by atoms with Crippen LogP contribution in [0.3, 0.4) is 0 Å². The summed E-state index contributed by atoms with van der Waals surface area (Å²) in [4.78, 5) is 4.54. The van der Waals surface area contributed by atoms with Gasteiger partial charge in [-0.3, -0.25) is 0 Å². The minimum Gasteiger partial charge on any atom is -0.496 e. The Morgan fingerprint density at radius 3 is 2.58 bits per heavy atom. The van der Waals surface area contributed by atoms with E-state index in [9.17, 15) is 0 Å². The highest BCUT2D eigenvalue weighted by atomic mass is 127. The number of guanidine groups is 1. The second kappa shape index (κ2) is 10.9. The van der Waals surface area contributed by atoms with Gasteiger partial charge in [0.15, 0.2) is 5.96 Å². The van der Waals surface area contributed by atoms with Crippen LogP contribution in [0.2, 0.25) is 0 Å². The maximum Gasteiger partial charge on any atom is 0.191 e. The summed E-state index contributed by atoms with van der Waals surface area (Å²) in [5.74, 6) is 1.73. The monoisotopic (exact) mass is 377 g/mol. The van der Waals surface area contributed by atoms with Crippen LogP contribution in [0.15, 0.2) is 29.3 Å². The number of ether oxygens (including phenoxy) is 1. The molecule has 0 aromatic heterocycles. The third kappa shape index (κ3) is 6.66. The fourth-order valence-electron chi connectivity index (χ4n) is 1.58. The zero-order chi connectivity index (χ0) is 13.2. The van der Waals surface area contributed by atoms with Gasteiger partial charge in [-0.1, -0.05) is 25.1 Å². The molecule has 0 bridgehead atoms. The van der Waals surface area contributed by atoms with Gasteiger partial charge in [0.05, 0.1) is 13.7 Å². The maximum atomic E-state index is 5.31. The molecule has 0 aliphatic heterocycles. The lowest BCUT2D eigenvalue weighted by atomic mass is 10.2. The molecular formula is C14H24IN3O.